The minimum Gasteiger partial charge on any atom is -0.411 e. The highest BCUT2D eigenvalue weighted by atomic mass is 16.4. The fourth-order valence-electron chi connectivity index (χ4n) is 3.06. The lowest BCUT2D eigenvalue weighted by Gasteiger charge is -2.17. The van der Waals surface area contributed by atoms with E-state index in [1.165, 1.54) is 0 Å². The average molecular weight is 196 g/mol. The lowest BCUT2D eigenvalue weighted by atomic mass is 9.88. The van der Waals surface area contributed by atoms with Gasteiger partial charge in [-0.3, -0.25) is 0 Å². The topological polar surface area (TPSA) is 65.2 Å². The van der Waals surface area contributed by atoms with Gasteiger partial charge in [-0.25, -0.2) is 0 Å². The molecule has 0 heterocycles. The zero-order valence-corrected chi connectivity index (χ0v) is 8.73. The molecule has 4 heteroatoms. The van der Waals surface area contributed by atoms with Crippen molar-refractivity contribution in [2.75, 3.05) is 0 Å². The molecule has 2 fully saturated rings. The maximum absolute atomic E-state index is 8.84. The van der Waals surface area contributed by atoms with Crippen LogP contribution in [0, 0.1) is 23.2 Å². The van der Waals surface area contributed by atoms with Gasteiger partial charge in [0.05, 0.1) is 11.4 Å². The van der Waals surface area contributed by atoms with Gasteiger partial charge in [0, 0.05) is 5.92 Å². The van der Waals surface area contributed by atoms with Crippen LogP contribution in [0.5, 0.6) is 0 Å². The summed E-state index contributed by atoms with van der Waals surface area (Å²) in [7, 11) is 0. The Morgan fingerprint density at radius 2 is 2.07 bits per heavy atom. The fourth-order valence-corrected chi connectivity index (χ4v) is 3.06. The first kappa shape index (κ1) is 9.49. The molecule has 2 rings (SSSR count). The van der Waals surface area contributed by atoms with E-state index < -0.39 is 0 Å². The molecule has 2 N–H and O–H groups in total. The van der Waals surface area contributed by atoms with Crippen LogP contribution in [0.3, 0.4) is 0 Å². The number of hydrogen-bond donors (Lipinski definition) is 2. The zero-order valence-electron chi connectivity index (χ0n) is 8.73. The van der Waals surface area contributed by atoms with Crippen LogP contribution in [0.1, 0.15) is 27.2 Å². The molecule has 14 heavy (non-hydrogen) atoms. The molecule has 0 unspecified atom stereocenters. The smallest absolute Gasteiger partial charge is 0.0665 e. The molecule has 3 atom stereocenters. The van der Waals surface area contributed by atoms with Crippen LogP contribution >= 0.6 is 0 Å². The molecule has 0 saturated heterocycles. The summed E-state index contributed by atoms with van der Waals surface area (Å²) >= 11 is 0. The normalized spacial score (nSPS) is 42.6. The molecule has 2 aliphatic carbocycles. The molecule has 0 aliphatic heterocycles. The molecule has 0 spiro atoms. The average Bonchev–Trinajstić information content (AvgIpc) is 2.57. The number of hydrogen-bond acceptors (Lipinski definition) is 4. The molecule has 0 amide bonds. The standard InChI is InChI=1S/C10H16N2O2/c1-5(11-13)8-7(12-14)4-6-9(8)10(6,2)3/h6,8-9,13-14H,4H2,1-3H3/b11-5-,12-7-/t6-,8+,9+/m0/s1. The molecule has 0 aromatic rings. The maximum atomic E-state index is 8.84. The molecule has 4 nitrogen and oxygen atoms in total. The van der Waals surface area contributed by atoms with Crippen LogP contribution in [-0.2, 0) is 0 Å². The minimum atomic E-state index is 0.0463. The third kappa shape index (κ3) is 0.996. The van der Waals surface area contributed by atoms with Crippen LogP contribution < -0.4 is 0 Å². The third-order valence-corrected chi connectivity index (χ3v) is 4.02. The summed E-state index contributed by atoms with van der Waals surface area (Å²) < 4.78 is 0. The van der Waals surface area contributed by atoms with Crippen molar-refractivity contribution in [3.05, 3.63) is 0 Å². The summed E-state index contributed by atoms with van der Waals surface area (Å²) in [5.74, 6) is 1.13. The second-order valence-corrected chi connectivity index (χ2v) is 4.97. The summed E-state index contributed by atoms with van der Waals surface area (Å²) in [6.45, 7) is 6.22. The van der Waals surface area contributed by atoms with E-state index in [4.69, 9.17) is 10.4 Å². The van der Waals surface area contributed by atoms with Crippen molar-refractivity contribution >= 4 is 11.4 Å². The van der Waals surface area contributed by atoms with Crippen molar-refractivity contribution in [2.24, 2.45) is 33.5 Å². The first-order valence-corrected chi connectivity index (χ1v) is 4.93. The summed E-state index contributed by atoms with van der Waals surface area (Å²) in [6, 6.07) is 0. The monoisotopic (exact) mass is 196 g/mol. The predicted octanol–water partition coefficient (Wildman–Crippen LogP) is 1.96. The van der Waals surface area contributed by atoms with Crippen LogP contribution in [0.25, 0.3) is 0 Å². The van der Waals surface area contributed by atoms with E-state index in [0.717, 1.165) is 12.1 Å². The zero-order chi connectivity index (χ0) is 10.5. The van der Waals surface area contributed by atoms with Gasteiger partial charge in [-0.1, -0.05) is 24.2 Å². The summed E-state index contributed by atoms with van der Waals surface area (Å²) in [4.78, 5) is 0. The van der Waals surface area contributed by atoms with Gasteiger partial charge >= 0.3 is 0 Å². The molecular weight excluding hydrogens is 180 g/mol. The second-order valence-electron chi connectivity index (χ2n) is 4.97. The van der Waals surface area contributed by atoms with Crippen molar-refractivity contribution in [1.82, 2.24) is 0 Å². The predicted molar refractivity (Wildman–Crippen MR) is 53.0 cm³/mol. The maximum Gasteiger partial charge on any atom is 0.0665 e. The lowest BCUT2D eigenvalue weighted by Crippen LogP contribution is -2.24. The quantitative estimate of drug-likeness (QED) is 0.382. The molecule has 0 aromatic carbocycles. The Morgan fingerprint density at radius 1 is 1.43 bits per heavy atom. The van der Waals surface area contributed by atoms with Crippen molar-refractivity contribution in [3.8, 4) is 0 Å². The number of oxime groups is 2. The highest BCUT2D eigenvalue weighted by Crippen LogP contribution is 2.68. The Morgan fingerprint density at radius 3 is 2.57 bits per heavy atom. The van der Waals surface area contributed by atoms with Crippen molar-refractivity contribution in [2.45, 2.75) is 27.2 Å². The van der Waals surface area contributed by atoms with Gasteiger partial charge in [-0.15, -0.1) is 0 Å². The summed E-state index contributed by atoms with van der Waals surface area (Å²) in [5, 5.41) is 24.2. The molecule has 78 valence electrons. The highest BCUT2D eigenvalue weighted by molar-refractivity contribution is 6.09. The van der Waals surface area contributed by atoms with Crippen molar-refractivity contribution < 1.29 is 10.4 Å². The van der Waals surface area contributed by atoms with Crippen LogP contribution in [0.2, 0.25) is 0 Å². The first-order chi connectivity index (χ1) is 6.54. The minimum absolute atomic E-state index is 0.0463. The third-order valence-electron chi connectivity index (χ3n) is 4.02. The van der Waals surface area contributed by atoms with Crippen LogP contribution in [0.15, 0.2) is 10.3 Å². The van der Waals surface area contributed by atoms with E-state index in [0.29, 0.717) is 23.0 Å². The fraction of sp³-hybridized carbons (Fsp3) is 0.800. The van der Waals surface area contributed by atoms with Gasteiger partial charge in [-0.05, 0) is 30.6 Å². The largest absolute Gasteiger partial charge is 0.411 e. The van der Waals surface area contributed by atoms with E-state index in [1.807, 2.05) is 0 Å². The van der Waals surface area contributed by atoms with E-state index in [9.17, 15) is 0 Å². The molecular formula is C10H16N2O2. The Hall–Kier alpha value is -1.06. The highest BCUT2D eigenvalue weighted by Gasteiger charge is 2.67. The SMILES string of the molecule is C/C(=N/O)[C@@H]1/C(=N\O)C[C@H]2[C@H]1C2(C)C. The van der Waals surface area contributed by atoms with E-state index in [1.54, 1.807) is 6.92 Å². The van der Waals surface area contributed by atoms with Gasteiger partial charge in [0.15, 0.2) is 0 Å². The molecule has 2 aliphatic rings. The molecule has 2 saturated carbocycles. The van der Waals surface area contributed by atoms with E-state index >= 15 is 0 Å². The number of fused-ring (bicyclic) bond motifs is 1. The lowest BCUT2D eigenvalue weighted by molar-refractivity contribution is 0.308. The van der Waals surface area contributed by atoms with Gasteiger partial charge in [0.25, 0.3) is 0 Å². The van der Waals surface area contributed by atoms with Crippen molar-refractivity contribution in [3.63, 3.8) is 0 Å². The number of rotatable bonds is 1. The number of nitrogens with zero attached hydrogens (tertiary/aromatic N) is 2. The van der Waals surface area contributed by atoms with Gasteiger partial charge in [0.2, 0.25) is 0 Å². The Labute approximate surface area is 83.3 Å². The Balaban J connectivity index is 2.28. The van der Waals surface area contributed by atoms with Crippen molar-refractivity contribution in [1.29, 1.82) is 0 Å². The summed E-state index contributed by atoms with van der Waals surface area (Å²) in [5.41, 5.74) is 1.75. The van der Waals surface area contributed by atoms with E-state index in [-0.39, 0.29) is 5.92 Å². The van der Waals surface area contributed by atoms with E-state index in [2.05, 4.69) is 24.2 Å². The molecule has 0 radical (unpaired) electrons. The van der Waals surface area contributed by atoms with Gasteiger partial charge in [-0.2, -0.15) is 0 Å². The summed E-state index contributed by atoms with van der Waals surface area (Å²) in [6.07, 6.45) is 0.839. The molecule has 0 aromatic heterocycles. The van der Waals surface area contributed by atoms with Crippen LogP contribution in [-0.4, -0.2) is 21.8 Å². The Kier molecular flexibility index (Phi) is 1.84. The van der Waals surface area contributed by atoms with Gasteiger partial charge in [0.1, 0.15) is 0 Å². The molecule has 0 bridgehead atoms. The van der Waals surface area contributed by atoms with Crippen LogP contribution in [0.4, 0.5) is 0 Å². The second kappa shape index (κ2) is 2.72. The van der Waals surface area contributed by atoms with Gasteiger partial charge < -0.3 is 10.4 Å². The first-order valence-electron chi connectivity index (χ1n) is 4.93. The Bertz CT molecular complexity index is 320.